The third-order valence-corrected chi connectivity index (χ3v) is 6.45. The number of hydrogen-bond acceptors (Lipinski definition) is 5. The van der Waals surface area contributed by atoms with Crippen LogP contribution in [0.1, 0.15) is 41.7 Å². The molecule has 3 aromatic carbocycles. The molecular formula is C29H28N2O3. The lowest BCUT2D eigenvalue weighted by Crippen LogP contribution is -2.11. The zero-order valence-corrected chi connectivity index (χ0v) is 19.5. The maximum Gasteiger partial charge on any atom is 0.310 e. The molecule has 5 rings (SSSR count). The van der Waals surface area contributed by atoms with Crippen molar-refractivity contribution in [3.63, 3.8) is 0 Å². The predicted molar refractivity (Wildman–Crippen MR) is 135 cm³/mol. The van der Waals surface area contributed by atoms with Gasteiger partial charge in [-0.05, 0) is 78.1 Å². The third-order valence-electron chi connectivity index (χ3n) is 6.45. The summed E-state index contributed by atoms with van der Waals surface area (Å²) in [6, 6.07) is 20.7. The van der Waals surface area contributed by atoms with Crippen LogP contribution in [0.4, 0.5) is 5.82 Å². The van der Waals surface area contributed by atoms with E-state index in [4.69, 9.17) is 15.2 Å². The predicted octanol–water partition coefficient (Wildman–Crippen LogP) is 5.96. The molecule has 1 aliphatic carbocycles. The number of rotatable bonds is 6. The highest BCUT2D eigenvalue weighted by atomic mass is 16.5. The van der Waals surface area contributed by atoms with Gasteiger partial charge in [0, 0.05) is 17.1 Å². The first-order chi connectivity index (χ1) is 16.5. The van der Waals surface area contributed by atoms with Gasteiger partial charge in [-0.2, -0.15) is 0 Å². The van der Waals surface area contributed by atoms with Crippen LogP contribution in [-0.2, 0) is 22.4 Å². The second kappa shape index (κ2) is 9.18. The SMILES string of the molecule is CCOC(=O)Cc1ccc(C)cc1OC1CCc2ccc(-c3cccc4c(N)nccc34)cc21. The minimum absolute atomic E-state index is 0.0700. The van der Waals surface area contributed by atoms with Crippen LogP contribution < -0.4 is 10.5 Å². The number of carbonyl (C=O) groups is 1. The number of nitrogens with zero attached hydrogens (tertiary/aromatic N) is 1. The first-order valence-corrected chi connectivity index (χ1v) is 11.7. The second-order valence-corrected chi connectivity index (χ2v) is 8.75. The lowest BCUT2D eigenvalue weighted by molar-refractivity contribution is -0.142. The van der Waals surface area contributed by atoms with Crippen molar-refractivity contribution >= 4 is 22.6 Å². The fraction of sp³-hybridized carbons (Fsp3) is 0.241. The van der Waals surface area contributed by atoms with Gasteiger partial charge in [-0.1, -0.05) is 42.5 Å². The molecule has 1 unspecified atom stereocenters. The van der Waals surface area contributed by atoms with Gasteiger partial charge in [-0.3, -0.25) is 4.79 Å². The molecule has 1 aliphatic rings. The van der Waals surface area contributed by atoms with E-state index in [0.717, 1.165) is 51.6 Å². The summed E-state index contributed by atoms with van der Waals surface area (Å²) in [5.41, 5.74) is 12.8. The summed E-state index contributed by atoms with van der Waals surface area (Å²) in [5.74, 6) is 1.05. The Balaban J connectivity index is 1.49. The zero-order valence-electron chi connectivity index (χ0n) is 19.5. The van der Waals surface area contributed by atoms with E-state index in [0.29, 0.717) is 12.4 Å². The van der Waals surface area contributed by atoms with Crippen molar-refractivity contribution in [1.29, 1.82) is 0 Å². The Morgan fingerprint density at radius 2 is 1.97 bits per heavy atom. The van der Waals surface area contributed by atoms with E-state index < -0.39 is 0 Å². The third kappa shape index (κ3) is 4.21. The monoisotopic (exact) mass is 452 g/mol. The van der Waals surface area contributed by atoms with Crippen LogP contribution in [0.3, 0.4) is 0 Å². The number of carbonyl (C=O) groups excluding carboxylic acids is 1. The zero-order chi connectivity index (χ0) is 23.7. The molecule has 0 amide bonds. The van der Waals surface area contributed by atoms with Crippen molar-refractivity contribution in [1.82, 2.24) is 4.98 Å². The Hall–Kier alpha value is -3.86. The summed E-state index contributed by atoms with van der Waals surface area (Å²) in [7, 11) is 0. The van der Waals surface area contributed by atoms with Crippen molar-refractivity contribution in [2.45, 2.75) is 39.2 Å². The van der Waals surface area contributed by atoms with E-state index in [-0.39, 0.29) is 18.5 Å². The summed E-state index contributed by atoms with van der Waals surface area (Å²) >= 11 is 0. The van der Waals surface area contributed by atoms with E-state index in [1.807, 2.05) is 50.2 Å². The number of aromatic nitrogens is 1. The molecule has 0 spiro atoms. The van der Waals surface area contributed by atoms with Gasteiger partial charge in [0.2, 0.25) is 0 Å². The molecule has 172 valence electrons. The largest absolute Gasteiger partial charge is 0.485 e. The molecule has 0 fully saturated rings. The Morgan fingerprint density at radius 1 is 1.09 bits per heavy atom. The average Bonchev–Trinajstić information content (AvgIpc) is 3.23. The summed E-state index contributed by atoms with van der Waals surface area (Å²) < 4.78 is 11.7. The molecule has 4 aromatic rings. The molecule has 0 aliphatic heterocycles. The summed E-state index contributed by atoms with van der Waals surface area (Å²) in [5, 5.41) is 2.04. The van der Waals surface area contributed by atoms with E-state index in [1.54, 1.807) is 6.20 Å². The average molecular weight is 453 g/mol. The number of nitrogens with two attached hydrogens (primary N) is 1. The minimum Gasteiger partial charge on any atom is -0.485 e. The maximum absolute atomic E-state index is 12.1. The summed E-state index contributed by atoms with van der Waals surface area (Å²) in [6.45, 7) is 4.22. The van der Waals surface area contributed by atoms with E-state index in [9.17, 15) is 4.79 Å². The van der Waals surface area contributed by atoms with Crippen LogP contribution in [0.15, 0.2) is 66.9 Å². The van der Waals surface area contributed by atoms with E-state index in [1.165, 1.54) is 11.1 Å². The molecule has 5 nitrogen and oxygen atoms in total. The first kappa shape index (κ1) is 22.0. The molecule has 0 saturated heterocycles. The highest BCUT2D eigenvalue weighted by Gasteiger charge is 2.26. The maximum atomic E-state index is 12.1. The van der Waals surface area contributed by atoms with Gasteiger partial charge in [0.15, 0.2) is 0 Å². The lowest BCUT2D eigenvalue weighted by atomic mass is 9.96. The number of aryl methyl sites for hydroxylation is 2. The normalized spacial score (nSPS) is 14.7. The Labute approximate surface area is 199 Å². The quantitative estimate of drug-likeness (QED) is 0.365. The van der Waals surface area contributed by atoms with Crippen molar-refractivity contribution in [3.8, 4) is 16.9 Å². The number of pyridine rings is 1. The van der Waals surface area contributed by atoms with Crippen LogP contribution in [-0.4, -0.2) is 17.6 Å². The Kier molecular flexibility index (Phi) is 5.93. The van der Waals surface area contributed by atoms with E-state index in [2.05, 4.69) is 29.2 Å². The molecule has 0 bridgehead atoms. The molecule has 34 heavy (non-hydrogen) atoms. The molecule has 1 atom stereocenters. The molecule has 0 saturated carbocycles. The van der Waals surface area contributed by atoms with Crippen LogP contribution in [0.25, 0.3) is 21.9 Å². The first-order valence-electron chi connectivity index (χ1n) is 11.7. The summed E-state index contributed by atoms with van der Waals surface area (Å²) in [4.78, 5) is 16.4. The number of anilines is 1. The van der Waals surface area contributed by atoms with Crippen LogP contribution in [0.5, 0.6) is 5.75 Å². The second-order valence-electron chi connectivity index (χ2n) is 8.75. The number of fused-ring (bicyclic) bond motifs is 2. The molecule has 1 aromatic heterocycles. The van der Waals surface area contributed by atoms with Crippen molar-refractivity contribution in [3.05, 3.63) is 89.1 Å². The summed E-state index contributed by atoms with van der Waals surface area (Å²) in [6.07, 6.45) is 3.75. The van der Waals surface area contributed by atoms with Gasteiger partial charge >= 0.3 is 5.97 Å². The number of benzene rings is 3. The molecular weight excluding hydrogens is 424 g/mol. The van der Waals surface area contributed by atoms with Crippen LogP contribution in [0, 0.1) is 6.92 Å². The minimum atomic E-state index is -0.241. The molecule has 1 heterocycles. The van der Waals surface area contributed by atoms with Gasteiger partial charge in [0.05, 0.1) is 13.0 Å². The smallest absolute Gasteiger partial charge is 0.310 e. The van der Waals surface area contributed by atoms with Crippen LogP contribution in [0.2, 0.25) is 0 Å². The standard InChI is InChI=1S/C29H28N2O3/c1-3-33-28(32)17-21-8-7-18(2)15-27(21)34-26-12-11-19-9-10-20(16-25(19)26)22-5-4-6-24-23(22)13-14-31-29(24)30/h4-10,13-16,26H,3,11-12,17H2,1-2H3,(H2,30,31). The van der Waals surface area contributed by atoms with Gasteiger partial charge in [-0.25, -0.2) is 4.98 Å². The fourth-order valence-corrected chi connectivity index (χ4v) is 4.77. The number of ether oxygens (including phenoxy) is 2. The number of esters is 1. The highest BCUT2D eigenvalue weighted by molar-refractivity contribution is 6.01. The van der Waals surface area contributed by atoms with Gasteiger partial charge in [-0.15, -0.1) is 0 Å². The molecule has 0 radical (unpaired) electrons. The Morgan fingerprint density at radius 3 is 2.82 bits per heavy atom. The van der Waals surface area contributed by atoms with Crippen molar-refractivity contribution < 1.29 is 14.3 Å². The van der Waals surface area contributed by atoms with Crippen molar-refractivity contribution in [2.24, 2.45) is 0 Å². The number of hydrogen-bond donors (Lipinski definition) is 1. The van der Waals surface area contributed by atoms with E-state index >= 15 is 0 Å². The Bertz CT molecular complexity index is 1380. The highest BCUT2D eigenvalue weighted by Crippen LogP contribution is 2.40. The topological polar surface area (TPSA) is 74.4 Å². The lowest BCUT2D eigenvalue weighted by Gasteiger charge is -2.19. The van der Waals surface area contributed by atoms with Gasteiger partial charge in [0.1, 0.15) is 17.7 Å². The van der Waals surface area contributed by atoms with Gasteiger partial charge in [0.25, 0.3) is 0 Å². The molecule has 2 N–H and O–H groups in total. The fourth-order valence-electron chi connectivity index (χ4n) is 4.77. The van der Waals surface area contributed by atoms with Gasteiger partial charge < -0.3 is 15.2 Å². The van der Waals surface area contributed by atoms with Crippen LogP contribution >= 0.6 is 0 Å². The van der Waals surface area contributed by atoms with Crippen molar-refractivity contribution in [2.75, 3.05) is 12.3 Å². The molecule has 5 heteroatoms. The number of nitrogen functional groups attached to an aromatic ring is 1.